The van der Waals surface area contributed by atoms with Crippen LogP contribution in [0.1, 0.15) is 20.8 Å². The van der Waals surface area contributed by atoms with E-state index in [1.165, 1.54) is 4.90 Å². The number of nitrogens with zero attached hydrogens (tertiary/aromatic N) is 2. The van der Waals surface area contributed by atoms with E-state index in [9.17, 15) is 9.59 Å². The first-order chi connectivity index (χ1) is 8.31. The Hall–Kier alpha value is -1.14. The molecular weight excluding hydrogens is 236 g/mol. The van der Waals surface area contributed by atoms with Crippen LogP contribution < -0.4 is 0 Å². The van der Waals surface area contributed by atoms with E-state index in [1.807, 2.05) is 13.8 Å². The van der Waals surface area contributed by atoms with E-state index in [1.54, 1.807) is 18.9 Å². The van der Waals surface area contributed by atoms with Gasteiger partial charge in [-0.3, -0.25) is 14.5 Å². The highest BCUT2D eigenvalue weighted by Crippen LogP contribution is 2.11. The second-order valence-electron chi connectivity index (χ2n) is 4.99. The number of amides is 1. The maximum atomic E-state index is 12.1. The Labute approximate surface area is 107 Å². The first-order valence-corrected chi connectivity index (χ1v) is 6.17. The average Bonchev–Trinajstić information content (AvgIpc) is 2.26. The van der Waals surface area contributed by atoms with Crippen molar-refractivity contribution in [1.29, 1.82) is 0 Å². The Morgan fingerprint density at radius 3 is 2.33 bits per heavy atom. The number of rotatable bonds is 4. The highest BCUT2D eigenvalue weighted by molar-refractivity contribution is 5.80. The van der Waals surface area contributed by atoms with Gasteiger partial charge in [-0.15, -0.1) is 0 Å². The third-order valence-electron chi connectivity index (χ3n) is 3.18. The van der Waals surface area contributed by atoms with Crippen LogP contribution in [0.15, 0.2) is 0 Å². The van der Waals surface area contributed by atoms with E-state index in [4.69, 9.17) is 9.84 Å². The van der Waals surface area contributed by atoms with Gasteiger partial charge in [0.15, 0.2) is 0 Å². The van der Waals surface area contributed by atoms with Gasteiger partial charge in [0.25, 0.3) is 0 Å². The molecular formula is C12H22N2O4. The number of carbonyl (C=O) groups is 2. The Morgan fingerprint density at radius 2 is 1.89 bits per heavy atom. The number of carbonyl (C=O) groups excluding carboxylic acids is 1. The van der Waals surface area contributed by atoms with Crippen molar-refractivity contribution in [3.63, 3.8) is 0 Å². The number of hydrogen-bond donors (Lipinski definition) is 1. The van der Waals surface area contributed by atoms with Gasteiger partial charge in [0.05, 0.1) is 18.8 Å². The number of likely N-dealkylation sites (N-methyl/N-ethyl adjacent to an activating group) is 1. The Kier molecular flexibility index (Phi) is 5.10. The van der Waals surface area contributed by atoms with Crippen LogP contribution in [0, 0.1) is 0 Å². The molecule has 0 aromatic carbocycles. The van der Waals surface area contributed by atoms with E-state index in [2.05, 4.69) is 0 Å². The topological polar surface area (TPSA) is 70.1 Å². The molecule has 3 atom stereocenters. The van der Waals surface area contributed by atoms with Crippen molar-refractivity contribution in [3.8, 4) is 0 Å². The Morgan fingerprint density at radius 1 is 1.39 bits per heavy atom. The number of aliphatic carboxylic acids is 1. The molecule has 0 bridgehead atoms. The van der Waals surface area contributed by atoms with Crippen molar-refractivity contribution in [2.45, 2.75) is 39.0 Å². The van der Waals surface area contributed by atoms with Crippen molar-refractivity contribution in [3.05, 3.63) is 0 Å². The smallest absolute Gasteiger partial charge is 0.320 e. The monoisotopic (exact) mass is 258 g/mol. The zero-order valence-electron chi connectivity index (χ0n) is 11.4. The first-order valence-electron chi connectivity index (χ1n) is 6.17. The highest BCUT2D eigenvalue weighted by Gasteiger charge is 2.27. The van der Waals surface area contributed by atoms with Gasteiger partial charge in [-0.05, 0) is 27.8 Å². The van der Waals surface area contributed by atoms with Crippen molar-refractivity contribution in [2.24, 2.45) is 0 Å². The fraction of sp³-hybridized carbons (Fsp3) is 0.833. The molecule has 1 N–H and O–H groups in total. The lowest BCUT2D eigenvalue weighted by Gasteiger charge is -2.36. The number of carboxylic acid groups (broad SMARTS) is 1. The van der Waals surface area contributed by atoms with Crippen molar-refractivity contribution >= 4 is 11.9 Å². The number of hydrogen-bond acceptors (Lipinski definition) is 4. The number of morpholine rings is 1. The highest BCUT2D eigenvalue weighted by atomic mass is 16.5. The lowest BCUT2D eigenvalue weighted by molar-refractivity contribution is -0.147. The van der Waals surface area contributed by atoms with Gasteiger partial charge in [0.1, 0.15) is 6.04 Å². The molecule has 1 amide bonds. The molecule has 104 valence electrons. The largest absolute Gasteiger partial charge is 0.480 e. The molecule has 0 aromatic rings. The Bertz CT molecular complexity index is 311. The molecule has 0 aliphatic carbocycles. The lowest BCUT2D eigenvalue weighted by atomic mass is 10.2. The van der Waals surface area contributed by atoms with E-state index < -0.39 is 12.0 Å². The molecule has 1 rings (SSSR count). The summed E-state index contributed by atoms with van der Waals surface area (Å²) in [6, 6.07) is -0.662. The molecule has 3 unspecified atom stereocenters. The standard InChI is InChI=1S/C12H22N2O4/c1-8-5-14(6-9(2)18-8)11(15)7-13(4)10(3)12(16)17/h8-10H,5-7H2,1-4H3,(H,16,17). The summed E-state index contributed by atoms with van der Waals surface area (Å²) >= 11 is 0. The van der Waals surface area contributed by atoms with Crippen LogP contribution in [-0.2, 0) is 14.3 Å². The van der Waals surface area contributed by atoms with E-state index >= 15 is 0 Å². The molecule has 18 heavy (non-hydrogen) atoms. The second kappa shape index (κ2) is 6.15. The molecule has 0 aromatic heterocycles. The zero-order valence-corrected chi connectivity index (χ0v) is 11.4. The van der Waals surface area contributed by atoms with Gasteiger partial charge in [-0.25, -0.2) is 0 Å². The summed E-state index contributed by atoms with van der Waals surface area (Å²) in [6.45, 7) is 6.68. The molecule has 6 nitrogen and oxygen atoms in total. The summed E-state index contributed by atoms with van der Waals surface area (Å²) in [5.74, 6) is -0.971. The minimum atomic E-state index is -0.922. The second-order valence-corrected chi connectivity index (χ2v) is 4.99. The quantitative estimate of drug-likeness (QED) is 0.770. The van der Waals surface area contributed by atoms with Gasteiger partial charge in [-0.1, -0.05) is 0 Å². The van der Waals surface area contributed by atoms with Gasteiger partial charge >= 0.3 is 5.97 Å². The van der Waals surface area contributed by atoms with Crippen LogP contribution in [-0.4, -0.2) is 71.7 Å². The van der Waals surface area contributed by atoms with E-state index in [-0.39, 0.29) is 24.7 Å². The normalized spacial score (nSPS) is 26.2. The first kappa shape index (κ1) is 14.9. The predicted molar refractivity (Wildman–Crippen MR) is 66.3 cm³/mol. The summed E-state index contributed by atoms with van der Waals surface area (Å²) in [4.78, 5) is 26.2. The van der Waals surface area contributed by atoms with Crippen molar-refractivity contribution in [1.82, 2.24) is 9.80 Å². The molecule has 0 saturated carbocycles. The third-order valence-corrected chi connectivity index (χ3v) is 3.18. The molecule has 6 heteroatoms. The summed E-state index contributed by atoms with van der Waals surface area (Å²) < 4.78 is 5.56. The van der Waals surface area contributed by atoms with Crippen LogP contribution in [0.3, 0.4) is 0 Å². The fourth-order valence-corrected chi connectivity index (χ4v) is 2.02. The van der Waals surface area contributed by atoms with Gasteiger partial charge in [0.2, 0.25) is 5.91 Å². The number of ether oxygens (including phenoxy) is 1. The molecule has 1 aliphatic rings. The van der Waals surface area contributed by atoms with E-state index in [0.29, 0.717) is 13.1 Å². The molecule has 0 radical (unpaired) electrons. The van der Waals surface area contributed by atoms with Gasteiger partial charge < -0.3 is 14.7 Å². The number of carboxylic acids is 1. The maximum Gasteiger partial charge on any atom is 0.320 e. The van der Waals surface area contributed by atoms with Crippen LogP contribution >= 0.6 is 0 Å². The van der Waals surface area contributed by atoms with Crippen LogP contribution in [0.5, 0.6) is 0 Å². The summed E-state index contributed by atoms with van der Waals surface area (Å²) in [7, 11) is 1.64. The predicted octanol–water partition coefficient (Wildman–Crippen LogP) is 0.0271. The van der Waals surface area contributed by atoms with Crippen molar-refractivity contribution < 1.29 is 19.4 Å². The molecule has 0 spiro atoms. The van der Waals surface area contributed by atoms with Crippen LogP contribution in [0.4, 0.5) is 0 Å². The molecule has 1 aliphatic heterocycles. The summed E-state index contributed by atoms with van der Waals surface area (Å²) in [6.07, 6.45) is 0.0554. The average molecular weight is 258 g/mol. The van der Waals surface area contributed by atoms with Crippen LogP contribution in [0.25, 0.3) is 0 Å². The molecule has 1 fully saturated rings. The lowest BCUT2D eigenvalue weighted by Crippen LogP contribution is -2.52. The molecule has 1 heterocycles. The van der Waals surface area contributed by atoms with Crippen molar-refractivity contribution in [2.75, 3.05) is 26.7 Å². The van der Waals surface area contributed by atoms with Gasteiger partial charge in [0, 0.05) is 13.1 Å². The third kappa shape index (κ3) is 3.96. The summed E-state index contributed by atoms with van der Waals surface area (Å²) in [5.41, 5.74) is 0. The minimum absolute atomic E-state index is 0.0277. The fourth-order valence-electron chi connectivity index (χ4n) is 2.02. The zero-order chi connectivity index (χ0) is 13.9. The van der Waals surface area contributed by atoms with E-state index in [0.717, 1.165) is 0 Å². The summed E-state index contributed by atoms with van der Waals surface area (Å²) in [5, 5.41) is 8.87. The minimum Gasteiger partial charge on any atom is -0.480 e. The maximum absolute atomic E-state index is 12.1. The Balaban J connectivity index is 2.52. The molecule has 1 saturated heterocycles. The van der Waals surface area contributed by atoms with Gasteiger partial charge in [-0.2, -0.15) is 0 Å². The van der Waals surface area contributed by atoms with Crippen LogP contribution in [0.2, 0.25) is 0 Å². The SMILES string of the molecule is CC1CN(C(=O)CN(C)C(C)C(=O)O)CC(C)O1.